The zero-order chi connectivity index (χ0) is 17.0. The molecule has 0 aliphatic rings. The van der Waals surface area contributed by atoms with Gasteiger partial charge in [0.15, 0.2) is 5.03 Å². The van der Waals surface area contributed by atoms with Crippen LogP contribution in [0, 0.1) is 11.7 Å². The molecule has 1 amide bonds. The first-order valence-electron chi connectivity index (χ1n) is 6.79. The van der Waals surface area contributed by atoms with Crippen LogP contribution in [0.1, 0.15) is 5.56 Å². The lowest BCUT2D eigenvalue weighted by Crippen LogP contribution is -2.37. The Morgan fingerprint density at radius 2 is 2.04 bits per heavy atom. The van der Waals surface area contributed by atoms with Crippen LogP contribution in [0.4, 0.5) is 4.39 Å². The Bertz CT molecular complexity index is 787. The molecule has 0 fully saturated rings. The van der Waals surface area contributed by atoms with E-state index >= 15 is 0 Å². The maximum atomic E-state index is 12.9. The van der Waals surface area contributed by atoms with Gasteiger partial charge >= 0.3 is 0 Å². The van der Waals surface area contributed by atoms with Gasteiger partial charge in [-0.1, -0.05) is 12.1 Å². The number of carbonyl (C=O) groups excluding carboxylic acids is 1. The maximum absolute atomic E-state index is 12.9. The highest BCUT2D eigenvalue weighted by Crippen LogP contribution is 2.11. The number of halogens is 1. The van der Waals surface area contributed by atoms with Crippen molar-refractivity contribution in [3.05, 3.63) is 48.2 Å². The zero-order valence-electron chi connectivity index (χ0n) is 12.4. The third kappa shape index (κ3) is 4.60. The topological polar surface area (TPSA) is 107 Å². The van der Waals surface area contributed by atoms with E-state index in [-0.39, 0.29) is 23.8 Å². The summed E-state index contributed by atoms with van der Waals surface area (Å²) < 4.78 is 40.9. The van der Waals surface area contributed by atoms with Gasteiger partial charge in [-0.2, -0.15) is 0 Å². The molecule has 0 radical (unpaired) electrons. The first-order valence-corrected chi connectivity index (χ1v) is 8.27. The van der Waals surface area contributed by atoms with Crippen molar-refractivity contribution in [3.63, 3.8) is 0 Å². The number of nitrogens with zero attached hydrogens (tertiary/aromatic N) is 2. The van der Waals surface area contributed by atoms with Gasteiger partial charge in [-0.3, -0.25) is 4.79 Å². The number of benzene rings is 1. The lowest BCUT2D eigenvalue weighted by molar-refractivity contribution is -0.121. The number of nitrogens with two attached hydrogens (primary N) is 1. The van der Waals surface area contributed by atoms with Crippen LogP contribution >= 0.6 is 0 Å². The van der Waals surface area contributed by atoms with Gasteiger partial charge in [-0.05, 0) is 24.1 Å². The maximum Gasteiger partial charge on any atom is 0.259 e. The molecule has 1 aromatic heterocycles. The van der Waals surface area contributed by atoms with Crippen LogP contribution in [0.3, 0.4) is 0 Å². The molecular formula is C14H17FN4O3S. The minimum Gasteiger partial charge on any atom is -0.369 e. The molecule has 3 N–H and O–H groups in total. The average molecular weight is 340 g/mol. The lowest BCUT2D eigenvalue weighted by Gasteiger charge is -2.14. The minimum atomic E-state index is -3.82. The van der Waals surface area contributed by atoms with Crippen LogP contribution in [-0.4, -0.2) is 30.4 Å². The third-order valence-electron chi connectivity index (χ3n) is 3.27. The normalized spacial score (nSPS) is 13.0. The van der Waals surface area contributed by atoms with Crippen LogP contribution in [-0.2, 0) is 28.3 Å². The number of hydrogen-bond acceptors (Lipinski definition) is 4. The first kappa shape index (κ1) is 17.1. The van der Waals surface area contributed by atoms with Gasteiger partial charge in [0.2, 0.25) is 5.91 Å². The molecule has 23 heavy (non-hydrogen) atoms. The number of aryl methyl sites for hydroxylation is 1. The molecule has 0 aliphatic carbocycles. The molecule has 1 atom stereocenters. The van der Waals surface area contributed by atoms with Crippen molar-refractivity contribution in [1.29, 1.82) is 0 Å². The van der Waals surface area contributed by atoms with Crippen LogP contribution in [0.25, 0.3) is 0 Å². The molecule has 0 spiro atoms. The third-order valence-corrected chi connectivity index (χ3v) is 4.58. The van der Waals surface area contributed by atoms with Crippen molar-refractivity contribution in [1.82, 2.24) is 14.3 Å². The Labute approximate surface area is 133 Å². The highest BCUT2D eigenvalue weighted by Gasteiger charge is 2.22. The number of amides is 1. The quantitative estimate of drug-likeness (QED) is 0.750. The lowest BCUT2D eigenvalue weighted by atomic mass is 9.99. The standard InChI is InChI=1S/C14H17FN4O3S/c1-19-8-13(17-9-19)23(21,22)18-7-11(14(16)20)6-10-2-4-12(15)5-3-10/h2-5,8-9,11,18H,6-7H2,1H3,(H2,16,20). The SMILES string of the molecule is Cn1cnc(S(=O)(=O)NCC(Cc2ccc(F)cc2)C(N)=O)c1. The molecule has 0 saturated carbocycles. The molecule has 2 rings (SSSR count). The smallest absolute Gasteiger partial charge is 0.259 e. The number of imidazole rings is 1. The summed E-state index contributed by atoms with van der Waals surface area (Å²) in [5.41, 5.74) is 6.01. The van der Waals surface area contributed by atoms with Gasteiger partial charge < -0.3 is 10.3 Å². The fourth-order valence-corrected chi connectivity index (χ4v) is 3.05. The van der Waals surface area contributed by atoms with E-state index < -0.39 is 21.8 Å². The summed E-state index contributed by atoms with van der Waals surface area (Å²) in [6.07, 6.45) is 2.92. The number of rotatable bonds is 7. The molecule has 1 unspecified atom stereocenters. The van der Waals surface area contributed by atoms with E-state index in [0.717, 1.165) is 0 Å². The molecule has 0 aliphatic heterocycles. The number of hydrogen-bond donors (Lipinski definition) is 2. The van der Waals surface area contributed by atoms with Crippen molar-refractivity contribution in [3.8, 4) is 0 Å². The van der Waals surface area contributed by atoms with Gasteiger partial charge in [0.25, 0.3) is 10.0 Å². The van der Waals surface area contributed by atoms with Crippen molar-refractivity contribution in [2.75, 3.05) is 6.54 Å². The van der Waals surface area contributed by atoms with E-state index in [2.05, 4.69) is 9.71 Å². The average Bonchev–Trinajstić information content (AvgIpc) is 2.92. The van der Waals surface area contributed by atoms with Gasteiger partial charge in [-0.25, -0.2) is 22.5 Å². The Morgan fingerprint density at radius 1 is 1.39 bits per heavy atom. The molecular weight excluding hydrogens is 323 g/mol. The molecule has 124 valence electrons. The molecule has 1 aromatic carbocycles. The monoisotopic (exact) mass is 340 g/mol. The molecule has 7 nitrogen and oxygen atoms in total. The van der Waals surface area contributed by atoms with Crippen molar-refractivity contribution >= 4 is 15.9 Å². The second kappa shape index (κ2) is 6.88. The van der Waals surface area contributed by atoms with Gasteiger partial charge in [-0.15, -0.1) is 0 Å². The number of sulfonamides is 1. The summed E-state index contributed by atoms with van der Waals surface area (Å²) in [6, 6.07) is 5.59. The van der Waals surface area contributed by atoms with Gasteiger partial charge in [0, 0.05) is 19.8 Å². The van der Waals surface area contributed by atoms with Gasteiger partial charge in [0.05, 0.1) is 12.2 Å². The predicted octanol–water partition coefficient (Wildman–Crippen LogP) is 0.182. The summed E-state index contributed by atoms with van der Waals surface area (Å²) in [5, 5.41) is -0.134. The van der Waals surface area contributed by atoms with Crippen LogP contribution in [0.15, 0.2) is 41.8 Å². The van der Waals surface area contributed by atoms with Gasteiger partial charge in [0.1, 0.15) is 5.82 Å². The summed E-state index contributed by atoms with van der Waals surface area (Å²) in [4.78, 5) is 15.3. The van der Waals surface area contributed by atoms with E-state index in [9.17, 15) is 17.6 Å². The molecule has 2 aromatic rings. The number of primary amides is 1. The van der Waals surface area contributed by atoms with E-state index in [1.165, 1.54) is 41.4 Å². The fourth-order valence-electron chi connectivity index (χ4n) is 1.99. The van der Waals surface area contributed by atoms with Crippen LogP contribution in [0.2, 0.25) is 0 Å². The van der Waals surface area contributed by atoms with E-state index in [0.29, 0.717) is 5.56 Å². The highest BCUT2D eigenvalue weighted by atomic mass is 32.2. The minimum absolute atomic E-state index is 0.134. The largest absolute Gasteiger partial charge is 0.369 e. The number of carbonyl (C=O) groups is 1. The van der Waals surface area contributed by atoms with E-state index in [1.54, 1.807) is 7.05 Å². The Balaban J connectivity index is 2.05. The number of aromatic nitrogens is 2. The molecule has 1 heterocycles. The van der Waals surface area contributed by atoms with Crippen molar-refractivity contribution in [2.45, 2.75) is 11.4 Å². The zero-order valence-corrected chi connectivity index (χ0v) is 13.3. The van der Waals surface area contributed by atoms with Crippen molar-refractivity contribution < 1.29 is 17.6 Å². The fraction of sp³-hybridized carbons (Fsp3) is 0.286. The van der Waals surface area contributed by atoms with E-state index in [1.807, 2.05) is 0 Å². The molecule has 0 saturated heterocycles. The summed E-state index contributed by atoms with van der Waals surface area (Å²) >= 11 is 0. The Morgan fingerprint density at radius 3 is 2.57 bits per heavy atom. The second-order valence-electron chi connectivity index (χ2n) is 5.16. The van der Waals surface area contributed by atoms with Crippen molar-refractivity contribution in [2.24, 2.45) is 18.7 Å². The van der Waals surface area contributed by atoms with Crippen LogP contribution < -0.4 is 10.5 Å². The van der Waals surface area contributed by atoms with E-state index in [4.69, 9.17) is 5.73 Å². The van der Waals surface area contributed by atoms with Crippen LogP contribution in [0.5, 0.6) is 0 Å². The first-order chi connectivity index (χ1) is 10.8. The molecule has 9 heteroatoms. The molecule has 0 bridgehead atoms. The summed E-state index contributed by atoms with van der Waals surface area (Å²) in [6.45, 7) is -0.161. The summed E-state index contributed by atoms with van der Waals surface area (Å²) in [5.74, 6) is -1.78. The number of nitrogens with one attached hydrogen (secondary N) is 1. The Hall–Kier alpha value is -2.26. The highest BCUT2D eigenvalue weighted by molar-refractivity contribution is 7.89. The predicted molar refractivity (Wildman–Crippen MR) is 81.2 cm³/mol. The second-order valence-corrected chi connectivity index (χ2v) is 6.87. The summed E-state index contributed by atoms with van der Waals surface area (Å²) in [7, 11) is -2.17. The Kier molecular flexibility index (Phi) is 5.12.